The lowest BCUT2D eigenvalue weighted by atomic mass is 9.97. The van der Waals surface area contributed by atoms with Crippen molar-refractivity contribution in [2.45, 2.75) is 32.8 Å². The molecular weight excluding hydrogens is 464 g/mol. The molecule has 7 heteroatoms. The Labute approximate surface area is 215 Å². The third-order valence-corrected chi connectivity index (χ3v) is 6.29. The Morgan fingerprint density at radius 3 is 2.57 bits per heavy atom. The van der Waals surface area contributed by atoms with E-state index in [1.165, 1.54) is 0 Å². The van der Waals surface area contributed by atoms with Crippen LogP contribution in [0, 0.1) is 5.92 Å². The number of amides is 1. The van der Waals surface area contributed by atoms with E-state index >= 15 is 0 Å². The van der Waals surface area contributed by atoms with Crippen LogP contribution in [0.5, 0.6) is 0 Å². The number of carbonyl (C=O) groups is 1. The molecule has 0 aliphatic rings. The van der Waals surface area contributed by atoms with Crippen molar-refractivity contribution in [3.8, 4) is 11.5 Å². The molecule has 3 aromatic carbocycles. The van der Waals surface area contributed by atoms with Gasteiger partial charge in [0.25, 0.3) is 5.89 Å². The van der Waals surface area contributed by atoms with Gasteiger partial charge in [-0.3, -0.25) is 0 Å². The van der Waals surface area contributed by atoms with E-state index < -0.39 is 6.09 Å². The Balaban J connectivity index is 1.26. The second-order valence-corrected chi connectivity index (χ2v) is 8.94. The molecule has 1 amide bonds. The summed E-state index contributed by atoms with van der Waals surface area (Å²) in [7, 11) is 0. The van der Waals surface area contributed by atoms with Crippen LogP contribution >= 0.6 is 0 Å². The Hall–Kier alpha value is -4.52. The Morgan fingerprint density at radius 2 is 1.81 bits per heavy atom. The van der Waals surface area contributed by atoms with Crippen LogP contribution in [0.15, 0.2) is 94.6 Å². The summed E-state index contributed by atoms with van der Waals surface area (Å²) in [5, 5.41) is 5.24. The number of rotatable bonds is 9. The van der Waals surface area contributed by atoms with Crippen LogP contribution in [-0.4, -0.2) is 27.4 Å². The van der Waals surface area contributed by atoms with Crippen LogP contribution < -0.4 is 0 Å². The number of nitrogens with zero attached hydrogens (tertiary/aromatic N) is 3. The molecule has 0 unspecified atom stereocenters. The summed E-state index contributed by atoms with van der Waals surface area (Å²) in [6.07, 6.45) is 5.32. The molecule has 2 heterocycles. The molecular formula is C30H28N4O3. The van der Waals surface area contributed by atoms with Crippen molar-refractivity contribution in [3.63, 3.8) is 0 Å². The maximum atomic E-state index is 12.1. The van der Waals surface area contributed by atoms with E-state index in [0.29, 0.717) is 18.1 Å². The first-order valence-electron chi connectivity index (χ1n) is 12.4. The molecule has 0 spiro atoms. The van der Waals surface area contributed by atoms with E-state index in [9.17, 15) is 4.79 Å². The predicted molar refractivity (Wildman–Crippen MR) is 143 cm³/mol. The lowest BCUT2D eigenvalue weighted by molar-refractivity contribution is 0.151. The second-order valence-electron chi connectivity index (χ2n) is 8.94. The molecule has 37 heavy (non-hydrogen) atoms. The zero-order valence-electron chi connectivity index (χ0n) is 20.6. The first-order chi connectivity index (χ1) is 18.2. The van der Waals surface area contributed by atoms with Crippen LogP contribution in [0.3, 0.4) is 0 Å². The highest BCUT2D eigenvalue weighted by molar-refractivity contribution is 5.87. The molecule has 186 valence electrons. The van der Waals surface area contributed by atoms with Crippen molar-refractivity contribution in [3.05, 3.63) is 108 Å². The van der Waals surface area contributed by atoms with Crippen molar-refractivity contribution in [2.24, 2.45) is 10.9 Å². The van der Waals surface area contributed by atoms with Crippen molar-refractivity contribution in [2.75, 3.05) is 0 Å². The van der Waals surface area contributed by atoms with Crippen LogP contribution in [0.2, 0.25) is 0 Å². The van der Waals surface area contributed by atoms with Gasteiger partial charge in [0.1, 0.15) is 6.61 Å². The predicted octanol–water partition coefficient (Wildman–Crippen LogP) is 6.79. The van der Waals surface area contributed by atoms with E-state index in [1.807, 2.05) is 79.0 Å². The van der Waals surface area contributed by atoms with Gasteiger partial charge in [0.2, 0.25) is 0 Å². The fourth-order valence-electron chi connectivity index (χ4n) is 4.21. The molecule has 0 fully saturated rings. The maximum absolute atomic E-state index is 12.1. The van der Waals surface area contributed by atoms with Crippen LogP contribution in [0.25, 0.3) is 22.4 Å². The highest BCUT2D eigenvalue weighted by atomic mass is 16.5. The number of nitrogens with one attached hydrogen (secondary N) is 1. The number of H-pyrrole nitrogens is 1. The molecule has 0 radical (unpaired) electrons. The number of carbonyl (C=O) groups excluding carboxylic acids is 1. The number of hydrogen-bond acceptors (Lipinski definition) is 5. The van der Waals surface area contributed by atoms with Gasteiger partial charge >= 0.3 is 6.09 Å². The standard InChI is InChI=1S/C30H28N4O3/c1-2-21(18-32-30(35)36-20-23-11-7-4-8-12-23)15-25-19-31-27-14-13-24(17-26(25)27)29-33-28(34-37-29)16-22-9-5-3-6-10-22/h3-14,17-19,21,31H,2,15-16,20H2,1H3/t21-/m1/s1. The maximum Gasteiger partial charge on any atom is 0.433 e. The Bertz CT molecular complexity index is 1490. The number of aromatic nitrogens is 3. The SMILES string of the molecule is CC[C@@H](C=NC(=O)OCc1ccccc1)Cc1c[nH]c2ccc(-c3nc(Cc4ccccc4)no3)cc12. The molecule has 5 aromatic rings. The highest BCUT2D eigenvalue weighted by Crippen LogP contribution is 2.27. The van der Waals surface area contributed by atoms with E-state index in [-0.39, 0.29) is 12.5 Å². The molecule has 0 saturated carbocycles. The summed E-state index contributed by atoms with van der Waals surface area (Å²) < 4.78 is 10.8. The van der Waals surface area contributed by atoms with Crippen molar-refractivity contribution in [1.29, 1.82) is 0 Å². The minimum Gasteiger partial charge on any atom is -0.443 e. The van der Waals surface area contributed by atoms with Crippen molar-refractivity contribution < 1.29 is 14.1 Å². The quantitative estimate of drug-likeness (QED) is 0.229. The summed E-state index contributed by atoms with van der Waals surface area (Å²) in [6.45, 7) is 2.29. The zero-order chi connectivity index (χ0) is 25.5. The fraction of sp³-hybridized carbons (Fsp3) is 0.200. The number of ether oxygens (including phenoxy) is 1. The largest absolute Gasteiger partial charge is 0.443 e. The average Bonchev–Trinajstić information content (AvgIpc) is 3.57. The molecule has 1 atom stereocenters. The van der Waals surface area contributed by atoms with Gasteiger partial charge in [-0.2, -0.15) is 9.98 Å². The summed E-state index contributed by atoms with van der Waals surface area (Å²) in [4.78, 5) is 24.1. The number of hydrogen-bond donors (Lipinski definition) is 1. The minimum absolute atomic E-state index is 0.0906. The summed E-state index contributed by atoms with van der Waals surface area (Å²) in [6, 6.07) is 25.7. The molecule has 2 aromatic heterocycles. The third kappa shape index (κ3) is 6.19. The number of aromatic amines is 1. The highest BCUT2D eigenvalue weighted by Gasteiger charge is 2.14. The van der Waals surface area contributed by atoms with Gasteiger partial charge in [-0.05, 0) is 53.6 Å². The van der Waals surface area contributed by atoms with Gasteiger partial charge < -0.3 is 14.2 Å². The van der Waals surface area contributed by atoms with Gasteiger partial charge in [0.15, 0.2) is 5.82 Å². The van der Waals surface area contributed by atoms with Gasteiger partial charge in [-0.25, -0.2) is 4.79 Å². The number of fused-ring (bicyclic) bond motifs is 1. The van der Waals surface area contributed by atoms with E-state index in [0.717, 1.165) is 46.0 Å². The Kier molecular flexibility index (Phi) is 7.50. The van der Waals surface area contributed by atoms with Crippen molar-refractivity contribution in [1.82, 2.24) is 15.1 Å². The van der Waals surface area contributed by atoms with Crippen molar-refractivity contribution >= 4 is 23.2 Å². The number of aliphatic imine (C=N–C) groups is 1. The normalized spacial score (nSPS) is 12.2. The monoisotopic (exact) mass is 492 g/mol. The third-order valence-electron chi connectivity index (χ3n) is 6.29. The summed E-state index contributed by atoms with van der Waals surface area (Å²) >= 11 is 0. The number of benzene rings is 3. The molecule has 0 saturated heterocycles. The van der Waals surface area contributed by atoms with Gasteiger partial charge in [-0.1, -0.05) is 72.7 Å². The molecule has 0 bridgehead atoms. The summed E-state index contributed by atoms with van der Waals surface area (Å²) in [5.74, 6) is 1.24. The summed E-state index contributed by atoms with van der Waals surface area (Å²) in [5.41, 5.74) is 5.09. The van der Waals surface area contributed by atoms with Gasteiger partial charge in [-0.15, -0.1) is 0 Å². The molecule has 5 rings (SSSR count). The molecule has 7 nitrogen and oxygen atoms in total. The van der Waals surface area contributed by atoms with Crippen LogP contribution in [0.4, 0.5) is 4.79 Å². The lowest BCUT2D eigenvalue weighted by Gasteiger charge is -2.09. The van der Waals surface area contributed by atoms with E-state index in [1.54, 1.807) is 6.21 Å². The Morgan fingerprint density at radius 1 is 1.05 bits per heavy atom. The fourth-order valence-corrected chi connectivity index (χ4v) is 4.21. The molecule has 0 aliphatic heterocycles. The van der Waals surface area contributed by atoms with Gasteiger partial charge in [0.05, 0.1) is 0 Å². The van der Waals surface area contributed by atoms with Crippen LogP contribution in [-0.2, 0) is 24.2 Å². The zero-order valence-corrected chi connectivity index (χ0v) is 20.6. The minimum atomic E-state index is -0.578. The smallest absolute Gasteiger partial charge is 0.433 e. The molecule has 0 aliphatic carbocycles. The average molecular weight is 493 g/mol. The van der Waals surface area contributed by atoms with E-state index in [2.05, 4.69) is 33.1 Å². The molecule has 1 N–H and O–H groups in total. The second kappa shape index (κ2) is 11.5. The first-order valence-corrected chi connectivity index (χ1v) is 12.4. The van der Waals surface area contributed by atoms with Crippen LogP contribution in [0.1, 0.15) is 35.9 Å². The lowest BCUT2D eigenvalue weighted by Crippen LogP contribution is -2.07. The van der Waals surface area contributed by atoms with E-state index in [4.69, 9.17) is 9.26 Å². The topological polar surface area (TPSA) is 93.4 Å². The van der Waals surface area contributed by atoms with Gasteiger partial charge in [0, 0.05) is 35.3 Å². The first kappa shape index (κ1) is 24.2.